The highest BCUT2D eigenvalue weighted by Gasteiger charge is 2.36. The molecule has 4 fully saturated rings. The van der Waals surface area contributed by atoms with Crippen LogP contribution in [0.1, 0.15) is 67.9 Å². The number of aryl methyl sites for hydroxylation is 1. The monoisotopic (exact) mass is 793 g/mol. The number of nitrogens with zero attached hydrogens (tertiary/aromatic N) is 5. The minimum Gasteiger partial charge on any atom is -0.483 e. The molecule has 17 nitrogen and oxygen atoms in total. The van der Waals surface area contributed by atoms with Crippen molar-refractivity contribution in [3.63, 3.8) is 0 Å². The maximum Gasteiger partial charge on any atom is 0.409 e. The average Bonchev–Trinajstić information content (AvgIpc) is 3.70. The van der Waals surface area contributed by atoms with Gasteiger partial charge in [0, 0.05) is 76.3 Å². The number of benzene rings is 1. The molecular formula is C40H55N7O10. The third kappa shape index (κ3) is 11.1. The van der Waals surface area contributed by atoms with Crippen LogP contribution in [0.4, 0.5) is 4.79 Å². The van der Waals surface area contributed by atoms with Gasteiger partial charge < -0.3 is 44.3 Å². The molecule has 4 aliphatic rings. The third-order valence-electron chi connectivity index (χ3n) is 11.0. The summed E-state index contributed by atoms with van der Waals surface area (Å²) in [4.78, 5) is 90.9. The number of aromatic nitrogens is 1. The van der Waals surface area contributed by atoms with Crippen LogP contribution in [0.2, 0.25) is 0 Å². The number of amides is 5. The van der Waals surface area contributed by atoms with Crippen LogP contribution < -0.4 is 15.4 Å². The number of carbonyl (C=O) groups is 6. The number of hydrogen-bond acceptors (Lipinski definition) is 12. The van der Waals surface area contributed by atoms with Crippen molar-refractivity contribution < 1.29 is 47.7 Å². The van der Waals surface area contributed by atoms with Gasteiger partial charge in [-0.2, -0.15) is 0 Å². The molecule has 4 heterocycles. The molecule has 1 aromatic heterocycles. The van der Waals surface area contributed by atoms with E-state index in [1.54, 1.807) is 28.9 Å². The zero-order valence-electron chi connectivity index (χ0n) is 33.0. The fourth-order valence-electron chi connectivity index (χ4n) is 7.43. The first kappa shape index (κ1) is 41.6. The molecule has 2 N–H and O–H groups in total. The first-order valence-corrected chi connectivity index (χ1v) is 20.2. The zero-order valence-corrected chi connectivity index (χ0v) is 33.0. The van der Waals surface area contributed by atoms with Crippen LogP contribution in [0.15, 0.2) is 24.3 Å². The molecule has 2 atom stereocenters. The minimum atomic E-state index is -1.11. The molecule has 2 aromatic rings. The summed E-state index contributed by atoms with van der Waals surface area (Å²) in [7, 11) is 0. The van der Waals surface area contributed by atoms with E-state index in [9.17, 15) is 28.8 Å². The fourth-order valence-corrected chi connectivity index (χ4v) is 7.43. The van der Waals surface area contributed by atoms with Crippen molar-refractivity contribution in [3.8, 4) is 5.75 Å². The Bertz CT molecular complexity index is 1770. The average molecular weight is 794 g/mol. The largest absolute Gasteiger partial charge is 0.483 e. The van der Waals surface area contributed by atoms with E-state index in [1.807, 2.05) is 13.0 Å². The lowest BCUT2D eigenvalue weighted by molar-refractivity contribution is -0.145. The number of carbonyl (C=O) groups excluding carboxylic acids is 6. The van der Waals surface area contributed by atoms with Gasteiger partial charge in [0.25, 0.3) is 11.8 Å². The van der Waals surface area contributed by atoms with Crippen LogP contribution in [0.5, 0.6) is 5.75 Å². The summed E-state index contributed by atoms with van der Waals surface area (Å²) in [6.45, 7) is 8.40. The molecule has 3 aliphatic heterocycles. The lowest BCUT2D eigenvalue weighted by atomic mass is 9.93. The number of fused-ring (bicyclic) bond motifs is 1. The van der Waals surface area contributed by atoms with Crippen molar-refractivity contribution in [3.05, 3.63) is 35.5 Å². The van der Waals surface area contributed by atoms with Crippen LogP contribution in [0.25, 0.3) is 10.9 Å². The highest BCUT2D eigenvalue weighted by molar-refractivity contribution is 5.99. The van der Waals surface area contributed by atoms with Gasteiger partial charge in [0.05, 0.1) is 25.3 Å². The molecule has 5 amide bonds. The highest BCUT2D eigenvalue weighted by Crippen LogP contribution is 2.28. The number of piperazine rings is 1. The first-order chi connectivity index (χ1) is 27.6. The van der Waals surface area contributed by atoms with Gasteiger partial charge in [-0.05, 0) is 70.1 Å². The van der Waals surface area contributed by atoms with Gasteiger partial charge in [0.15, 0.2) is 6.61 Å². The number of rotatable bonds is 15. The van der Waals surface area contributed by atoms with E-state index in [0.717, 1.165) is 37.9 Å². The topological polar surface area (TPSA) is 189 Å². The lowest BCUT2D eigenvalue weighted by Crippen LogP contribution is -2.56. The van der Waals surface area contributed by atoms with Crippen molar-refractivity contribution in [2.75, 3.05) is 85.4 Å². The van der Waals surface area contributed by atoms with Crippen molar-refractivity contribution >= 4 is 46.6 Å². The van der Waals surface area contributed by atoms with Crippen LogP contribution in [0, 0.1) is 6.92 Å². The Morgan fingerprint density at radius 3 is 2.39 bits per heavy atom. The summed E-state index contributed by atoms with van der Waals surface area (Å²) < 4.78 is 22.0. The van der Waals surface area contributed by atoms with E-state index in [2.05, 4.69) is 20.5 Å². The van der Waals surface area contributed by atoms with E-state index in [4.69, 9.17) is 18.9 Å². The number of likely N-dealkylation sites (tertiary alicyclic amines) is 1. The number of ether oxygens (including phenoxy) is 4. The molecule has 1 aromatic carbocycles. The predicted molar refractivity (Wildman–Crippen MR) is 206 cm³/mol. The highest BCUT2D eigenvalue weighted by atomic mass is 16.6. The quantitative estimate of drug-likeness (QED) is 0.249. The number of esters is 1. The Balaban J connectivity index is 1.14. The van der Waals surface area contributed by atoms with E-state index >= 15 is 0 Å². The van der Waals surface area contributed by atoms with Gasteiger partial charge in [-0.25, -0.2) is 9.78 Å². The summed E-state index contributed by atoms with van der Waals surface area (Å²) in [5.74, 6) is -1.81. The molecule has 3 saturated heterocycles. The number of hydrogen-bond donors (Lipinski definition) is 2. The van der Waals surface area contributed by atoms with E-state index in [0.29, 0.717) is 50.0 Å². The second-order valence-electron chi connectivity index (χ2n) is 14.9. The van der Waals surface area contributed by atoms with Crippen molar-refractivity contribution in [1.82, 2.24) is 35.2 Å². The van der Waals surface area contributed by atoms with Crippen molar-refractivity contribution in [1.29, 1.82) is 0 Å². The van der Waals surface area contributed by atoms with E-state index in [1.165, 1.54) is 11.0 Å². The molecule has 310 valence electrons. The van der Waals surface area contributed by atoms with E-state index < -0.39 is 36.0 Å². The Morgan fingerprint density at radius 1 is 0.912 bits per heavy atom. The van der Waals surface area contributed by atoms with Gasteiger partial charge in [0.1, 0.15) is 30.1 Å². The molecule has 0 bridgehead atoms. The summed E-state index contributed by atoms with van der Waals surface area (Å²) in [6, 6.07) is 5.40. The smallest absolute Gasteiger partial charge is 0.409 e. The fraction of sp³-hybridized carbons (Fsp3) is 0.625. The first-order valence-electron chi connectivity index (χ1n) is 20.2. The second kappa shape index (κ2) is 19.9. The summed E-state index contributed by atoms with van der Waals surface area (Å²) >= 11 is 0. The third-order valence-corrected chi connectivity index (χ3v) is 11.0. The standard InChI is InChI=1S/C40H55N7O10/c1-3-55-40(53)46-16-14-45(15-17-46)39(52)30(11-12-36(49)56-23-20-44-18-21-54-22-19-44)43-37(50)32-25-34(29-10-9-27(2)24-31(29)42-32)57-26-35(48)47-13-5-8-33(47)38(51)41-28-6-4-7-28/h9-10,24-25,28,30,33H,3-8,11-23,26H2,1-2H3,(H,41,51)(H,43,50). The zero-order chi connectivity index (χ0) is 40.3. The maximum absolute atomic E-state index is 14.0. The second-order valence-corrected chi connectivity index (χ2v) is 14.9. The molecule has 0 radical (unpaired) electrons. The number of nitrogens with one attached hydrogen (secondary N) is 2. The maximum atomic E-state index is 14.0. The minimum absolute atomic E-state index is 0.0328. The van der Waals surface area contributed by atoms with Gasteiger partial charge in [-0.1, -0.05) is 6.07 Å². The molecule has 17 heteroatoms. The Labute approximate surface area is 332 Å². The van der Waals surface area contributed by atoms with Crippen molar-refractivity contribution in [2.45, 2.75) is 76.9 Å². The van der Waals surface area contributed by atoms with Crippen LogP contribution >= 0.6 is 0 Å². The molecule has 6 rings (SSSR count). The summed E-state index contributed by atoms with van der Waals surface area (Å²) in [5.41, 5.74) is 1.28. The van der Waals surface area contributed by atoms with Gasteiger partial charge in [0.2, 0.25) is 11.8 Å². The van der Waals surface area contributed by atoms with E-state index in [-0.39, 0.29) is 88.1 Å². The predicted octanol–water partition coefficient (Wildman–Crippen LogP) is 1.64. The SMILES string of the molecule is CCOC(=O)N1CCN(C(=O)C(CCC(=O)OCCN2CCOCC2)NC(=O)c2cc(OCC(=O)N3CCCC3C(=O)NC3CCC3)c3ccc(C)cc3n2)CC1. The van der Waals surface area contributed by atoms with Crippen LogP contribution in [0.3, 0.4) is 0 Å². The molecule has 57 heavy (non-hydrogen) atoms. The molecule has 1 aliphatic carbocycles. The molecule has 0 spiro atoms. The van der Waals surface area contributed by atoms with Crippen molar-refractivity contribution in [2.24, 2.45) is 0 Å². The van der Waals surface area contributed by atoms with Gasteiger partial charge >= 0.3 is 12.1 Å². The normalized spacial score (nSPS) is 19.4. The van der Waals surface area contributed by atoms with Crippen LogP contribution in [-0.2, 0) is 33.4 Å². The van der Waals surface area contributed by atoms with Crippen LogP contribution in [-0.4, -0.2) is 164 Å². The molecule has 2 unspecified atom stereocenters. The Hall–Kier alpha value is -5.03. The Kier molecular flexibility index (Phi) is 14.5. The lowest BCUT2D eigenvalue weighted by Gasteiger charge is -2.36. The van der Waals surface area contributed by atoms with Gasteiger partial charge in [-0.15, -0.1) is 0 Å². The molecule has 1 saturated carbocycles. The van der Waals surface area contributed by atoms with Gasteiger partial charge in [-0.3, -0.25) is 28.9 Å². The molecular weight excluding hydrogens is 738 g/mol. The number of pyridine rings is 1. The summed E-state index contributed by atoms with van der Waals surface area (Å²) in [6.07, 6.45) is 3.66. The number of morpholine rings is 1. The Morgan fingerprint density at radius 2 is 1.67 bits per heavy atom. The summed E-state index contributed by atoms with van der Waals surface area (Å²) in [5, 5.41) is 6.44.